The van der Waals surface area contributed by atoms with Gasteiger partial charge in [-0.1, -0.05) is 30.3 Å². The molecule has 5 nitrogen and oxygen atoms in total. The molecule has 124 valence electrons. The lowest BCUT2D eigenvalue weighted by atomic mass is 10.0. The van der Waals surface area contributed by atoms with Crippen molar-refractivity contribution in [1.82, 2.24) is 25.1 Å². The largest absolute Gasteiger partial charge is 0.347 e. The van der Waals surface area contributed by atoms with E-state index in [1.54, 1.807) is 24.8 Å². The Balaban J connectivity index is 1.54. The molecule has 1 aliphatic rings. The minimum absolute atomic E-state index is 0.100. The Morgan fingerprint density at radius 2 is 2.08 bits per heavy atom. The van der Waals surface area contributed by atoms with Crippen LogP contribution >= 0.6 is 0 Å². The van der Waals surface area contributed by atoms with Crippen molar-refractivity contribution in [1.29, 1.82) is 0 Å². The third-order valence-corrected chi connectivity index (χ3v) is 4.29. The van der Waals surface area contributed by atoms with E-state index in [4.69, 9.17) is 0 Å². The first-order valence-corrected chi connectivity index (χ1v) is 7.82. The Kier molecular flexibility index (Phi) is 3.65. The number of imidazole rings is 1. The molecule has 1 saturated carbocycles. The minimum atomic E-state index is -2.64. The summed E-state index contributed by atoms with van der Waals surface area (Å²) in [6.07, 6.45) is 4.82. The highest BCUT2D eigenvalue weighted by atomic mass is 19.3. The molecule has 2 atom stereocenters. The lowest BCUT2D eigenvalue weighted by Gasteiger charge is -2.18. The monoisotopic (exact) mass is 329 g/mol. The van der Waals surface area contributed by atoms with E-state index in [1.165, 1.54) is 4.68 Å². The van der Waals surface area contributed by atoms with Crippen LogP contribution in [0.3, 0.4) is 0 Å². The fraction of sp³-hybridized carbons (Fsp3) is 0.294. The Bertz CT molecular complexity index is 798. The zero-order chi connectivity index (χ0) is 16.6. The van der Waals surface area contributed by atoms with Crippen molar-refractivity contribution in [2.75, 3.05) is 0 Å². The van der Waals surface area contributed by atoms with Crippen LogP contribution in [0, 0.1) is 0 Å². The normalized spacial score (nSPS) is 20.0. The van der Waals surface area contributed by atoms with Gasteiger partial charge in [0, 0.05) is 25.4 Å². The maximum absolute atomic E-state index is 13.3. The van der Waals surface area contributed by atoms with E-state index in [0.717, 1.165) is 17.0 Å². The zero-order valence-corrected chi connectivity index (χ0v) is 12.9. The second-order valence-electron chi connectivity index (χ2n) is 5.98. The van der Waals surface area contributed by atoms with Gasteiger partial charge in [-0.2, -0.15) is 5.10 Å². The molecule has 0 amide bonds. The second kappa shape index (κ2) is 5.83. The number of benzene rings is 1. The van der Waals surface area contributed by atoms with Crippen LogP contribution in [-0.4, -0.2) is 25.7 Å². The predicted octanol–water partition coefficient (Wildman–Crippen LogP) is 3.07. The first-order valence-electron chi connectivity index (χ1n) is 7.82. The van der Waals surface area contributed by atoms with Crippen LogP contribution < -0.4 is 5.32 Å². The van der Waals surface area contributed by atoms with E-state index in [-0.39, 0.29) is 12.5 Å². The van der Waals surface area contributed by atoms with Crippen molar-refractivity contribution in [2.45, 2.75) is 31.0 Å². The highest BCUT2D eigenvalue weighted by Crippen LogP contribution is 2.52. The predicted molar refractivity (Wildman–Crippen MR) is 84.5 cm³/mol. The van der Waals surface area contributed by atoms with E-state index in [1.807, 2.05) is 30.3 Å². The number of aromatic amines is 1. The molecule has 2 heterocycles. The van der Waals surface area contributed by atoms with Crippen molar-refractivity contribution < 1.29 is 8.78 Å². The molecule has 1 fully saturated rings. The van der Waals surface area contributed by atoms with Crippen LogP contribution in [0.1, 0.15) is 35.5 Å². The van der Waals surface area contributed by atoms with Gasteiger partial charge in [0.1, 0.15) is 6.04 Å². The zero-order valence-electron chi connectivity index (χ0n) is 12.9. The van der Waals surface area contributed by atoms with E-state index < -0.39 is 12.0 Å². The maximum Gasteiger partial charge on any atom is 0.272 e. The Morgan fingerprint density at radius 1 is 1.29 bits per heavy atom. The first kappa shape index (κ1) is 15.0. The SMILES string of the molecule is FC1(F)CC1n1nccc1CNC(c1ccccc1)c1cnc[nH]1. The number of H-pyrrole nitrogens is 1. The van der Waals surface area contributed by atoms with Crippen LogP contribution in [0.2, 0.25) is 0 Å². The smallest absolute Gasteiger partial charge is 0.272 e. The molecule has 2 unspecified atom stereocenters. The van der Waals surface area contributed by atoms with Crippen molar-refractivity contribution in [3.05, 3.63) is 72.1 Å². The maximum atomic E-state index is 13.3. The van der Waals surface area contributed by atoms with Gasteiger partial charge in [-0.3, -0.25) is 10.00 Å². The lowest BCUT2D eigenvalue weighted by molar-refractivity contribution is 0.0976. The van der Waals surface area contributed by atoms with Gasteiger partial charge in [-0.05, 0) is 11.6 Å². The number of aromatic nitrogens is 4. The molecule has 4 rings (SSSR count). The summed E-state index contributed by atoms with van der Waals surface area (Å²) >= 11 is 0. The van der Waals surface area contributed by atoms with E-state index >= 15 is 0 Å². The van der Waals surface area contributed by atoms with Gasteiger partial charge in [0.05, 0.1) is 23.8 Å². The highest BCUT2D eigenvalue weighted by Gasteiger charge is 2.59. The van der Waals surface area contributed by atoms with E-state index in [0.29, 0.717) is 6.54 Å². The topological polar surface area (TPSA) is 58.5 Å². The average Bonchev–Trinajstić information content (AvgIpc) is 3.02. The number of alkyl halides is 2. The van der Waals surface area contributed by atoms with Crippen molar-refractivity contribution in [2.24, 2.45) is 0 Å². The second-order valence-corrected chi connectivity index (χ2v) is 5.98. The molecule has 0 radical (unpaired) electrons. The molecule has 0 spiro atoms. The summed E-state index contributed by atoms with van der Waals surface area (Å²) in [6.45, 7) is 0.436. The molecule has 1 aliphatic carbocycles. The summed E-state index contributed by atoms with van der Waals surface area (Å²) in [5, 5.41) is 7.48. The molecule has 1 aromatic carbocycles. The summed E-state index contributed by atoms with van der Waals surface area (Å²) in [4.78, 5) is 7.19. The van der Waals surface area contributed by atoms with Crippen LogP contribution in [-0.2, 0) is 6.54 Å². The summed E-state index contributed by atoms with van der Waals surface area (Å²) in [5.41, 5.74) is 2.74. The van der Waals surface area contributed by atoms with Gasteiger partial charge in [-0.25, -0.2) is 13.8 Å². The average molecular weight is 329 g/mol. The Labute approximate surface area is 137 Å². The Hall–Kier alpha value is -2.54. The molecule has 0 saturated heterocycles. The fourth-order valence-electron chi connectivity index (χ4n) is 2.91. The number of hydrogen-bond donors (Lipinski definition) is 2. The summed E-state index contributed by atoms with van der Waals surface area (Å²) in [6, 6.07) is 10.8. The molecule has 3 aromatic rings. The summed E-state index contributed by atoms with van der Waals surface area (Å²) in [5.74, 6) is -2.64. The summed E-state index contributed by atoms with van der Waals surface area (Å²) in [7, 11) is 0. The minimum Gasteiger partial charge on any atom is -0.347 e. The highest BCUT2D eigenvalue weighted by molar-refractivity contribution is 5.26. The van der Waals surface area contributed by atoms with Gasteiger partial charge < -0.3 is 4.98 Å². The number of halogens is 2. The van der Waals surface area contributed by atoms with Gasteiger partial charge in [0.15, 0.2) is 0 Å². The lowest BCUT2D eigenvalue weighted by Crippen LogP contribution is -2.24. The Morgan fingerprint density at radius 3 is 2.75 bits per heavy atom. The molecular weight excluding hydrogens is 312 g/mol. The standard InChI is InChI=1S/C17H17F2N5/c18-17(19)8-15(17)24-13(6-7-23-24)9-21-16(14-10-20-11-22-14)12-4-2-1-3-5-12/h1-7,10-11,15-16,21H,8-9H2,(H,20,22). The van der Waals surface area contributed by atoms with Crippen molar-refractivity contribution >= 4 is 0 Å². The molecule has 0 aliphatic heterocycles. The molecule has 7 heteroatoms. The van der Waals surface area contributed by atoms with Gasteiger partial charge in [0.2, 0.25) is 0 Å². The van der Waals surface area contributed by atoms with Gasteiger partial charge in [-0.15, -0.1) is 0 Å². The van der Waals surface area contributed by atoms with Crippen LogP contribution in [0.5, 0.6) is 0 Å². The van der Waals surface area contributed by atoms with Crippen LogP contribution in [0.4, 0.5) is 8.78 Å². The van der Waals surface area contributed by atoms with Crippen LogP contribution in [0.25, 0.3) is 0 Å². The first-order chi connectivity index (χ1) is 11.6. The molecule has 2 N–H and O–H groups in total. The quantitative estimate of drug-likeness (QED) is 0.731. The van der Waals surface area contributed by atoms with Crippen LogP contribution in [0.15, 0.2) is 55.1 Å². The number of nitrogens with zero attached hydrogens (tertiary/aromatic N) is 3. The molecular formula is C17H17F2N5. The fourth-order valence-corrected chi connectivity index (χ4v) is 2.91. The summed E-state index contributed by atoms with van der Waals surface area (Å²) < 4.78 is 28.1. The third kappa shape index (κ3) is 2.82. The number of hydrogen-bond acceptors (Lipinski definition) is 3. The molecule has 24 heavy (non-hydrogen) atoms. The van der Waals surface area contributed by atoms with Gasteiger partial charge >= 0.3 is 0 Å². The molecule has 0 bridgehead atoms. The van der Waals surface area contributed by atoms with Gasteiger partial charge in [0.25, 0.3) is 5.92 Å². The number of nitrogens with one attached hydrogen (secondary N) is 2. The third-order valence-electron chi connectivity index (χ3n) is 4.29. The van der Waals surface area contributed by atoms with Crippen molar-refractivity contribution in [3.8, 4) is 0 Å². The number of rotatable bonds is 6. The van der Waals surface area contributed by atoms with E-state index in [9.17, 15) is 8.78 Å². The molecule has 2 aromatic heterocycles. The van der Waals surface area contributed by atoms with E-state index in [2.05, 4.69) is 20.4 Å². The van der Waals surface area contributed by atoms with Crippen molar-refractivity contribution in [3.63, 3.8) is 0 Å².